The van der Waals surface area contributed by atoms with Crippen LogP contribution in [0.4, 0.5) is 0 Å². The molecule has 0 saturated carbocycles. The zero-order valence-electron chi connectivity index (χ0n) is 12.8. The lowest BCUT2D eigenvalue weighted by Crippen LogP contribution is -2.28. The molecule has 0 amide bonds. The van der Waals surface area contributed by atoms with Gasteiger partial charge < -0.3 is 10.4 Å². The Balaban J connectivity index is 2.24. The van der Waals surface area contributed by atoms with Gasteiger partial charge in [-0.25, -0.2) is 0 Å². The molecule has 0 saturated heterocycles. The van der Waals surface area contributed by atoms with Gasteiger partial charge >= 0.3 is 0 Å². The van der Waals surface area contributed by atoms with Crippen molar-refractivity contribution in [3.8, 4) is 5.75 Å². The van der Waals surface area contributed by atoms with Crippen molar-refractivity contribution in [3.05, 3.63) is 65.7 Å². The summed E-state index contributed by atoms with van der Waals surface area (Å²) in [5.41, 5.74) is 2.47. The molecule has 2 aromatic carbocycles. The van der Waals surface area contributed by atoms with Crippen molar-refractivity contribution in [1.29, 1.82) is 0 Å². The van der Waals surface area contributed by atoms with Crippen molar-refractivity contribution in [2.45, 2.75) is 12.5 Å². The fourth-order valence-corrected chi connectivity index (χ4v) is 2.63. The first kappa shape index (κ1) is 15.5. The van der Waals surface area contributed by atoms with Gasteiger partial charge in [0.15, 0.2) is 0 Å². The molecule has 3 nitrogen and oxygen atoms in total. The second-order valence-corrected chi connectivity index (χ2v) is 5.34. The van der Waals surface area contributed by atoms with E-state index in [0.717, 1.165) is 19.5 Å². The van der Waals surface area contributed by atoms with Crippen LogP contribution in [-0.2, 0) is 0 Å². The zero-order valence-corrected chi connectivity index (χ0v) is 12.8. The smallest absolute Gasteiger partial charge is 0.115 e. The first-order chi connectivity index (χ1) is 10.2. The predicted octanol–water partition coefficient (Wildman–Crippen LogP) is 3.02. The van der Waals surface area contributed by atoms with Crippen LogP contribution in [0.5, 0.6) is 5.75 Å². The van der Waals surface area contributed by atoms with Crippen molar-refractivity contribution in [2.75, 3.05) is 27.2 Å². The molecule has 0 aliphatic heterocycles. The molecule has 0 heterocycles. The van der Waals surface area contributed by atoms with Gasteiger partial charge in [-0.1, -0.05) is 42.5 Å². The number of hydrogen-bond donors (Lipinski definition) is 2. The SMILES string of the molecule is CNCCCN(C)C(c1ccccc1)c1ccc(O)cc1. The highest BCUT2D eigenvalue weighted by molar-refractivity contribution is 5.35. The molecular formula is C18H24N2O. The maximum atomic E-state index is 9.50. The molecule has 0 aliphatic rings. The Morgan fingerprint density at radius 3 is 2.24 bits per heavy atom. The van der Waals surface area contributed by atoms with Crippen molar-refractivity contribution in [3.63, 3.8) is 0 Å². The summed E-state index contributed by atoms with van der Waals surface area (Å²) in [4.78, 5) is 2.36. The third kappa shape index (κ3) is 4.31. The van der Waals surface area contributed by atoms with Crippen molar-refractivity contribution >= 4 is 0 Å². The topological polar surface area (TPSA) is 35.5 Å². The van der Waals surface area contributed by atoms with E-state index in [1.807, 2.05) is 25.2 Å². The quantitative estimate of drug-likeness (QED) is 0.767. The van der Waals surface area contributed by atoms with Gasteiger partial charge in [0, 0.05) is 0 Å². The molecule has 21 heavy (non-hydrogen) atoms. The van der Waals surface area contributed by atoms with E-state index in [2.05, 4.69) is 41.5 Å². The van der Waals surface area contributed by atoms with Crippen LogP contribution in [0.25, 0.3) is 0 Å². The first-order valence-electron chi connectivity index (χ1n) is 7.41. The number of nitrogens with zero attached hydrogens (tertiary/aromatic N) is 1. The Morgan fingerprint density at radius 1 is 1.00 bits per heavy atom. The van der Waals surface area contributed by atoms with Gasteiger partial charge in [0.05, 0.1) is 6.04 Å². The maximum absolute atomic E-state index is 9.50. The summed E-state index contributed by atoms with van der Waals surface area (Å²) >= 11 is 0. The van der Waals surface area contributed by atoms with Gasteiger partial charge in [0.1, 0.15) is 5.75 Å². The summed E-state index contributed by atoms with van der Waals surface area (Å²) in [6, 6.07) is 18.2. The van der Waals surface area contributed by atoms with E-state index >= 15 is 0 Å². The van der Waals surface area contributed by atoms with Crippen LogP contribution in [0.3, 0.4) is 0 Å². The summed E-state index contributed by atoms with van der Waals surface area (Å²) in [7, 11) is 4.13. The molecule has 2 rings (SSSR count). The van der Waals surface area contributed by atoms with Crippen LogP contribution in [-0.4, -0.2) is 37.2 Å². The van der Waals surface area contributed by atoms with Crippen molar-refractivity contribution in [2.24, 2.45) is 0 Å². The lowest BCUT2D eigenvalue weighted by atomic mass is 9.97. The number of benzene rings is 2. The number of rotatable bonds is 7. The lowest BCUT2D eigenvalue weighted by molar-refractivity contribution is 0.275. The van der Waals surface area contributed by atoms with E-state index in [4.69, 9.17) is 0 Å². The summed E-state index contributed by atoms with van der Waals surface area (Å²) in [6.45, 7) is 2.03. The third-order valence-corrected chi connectivity index (χ3v) is 3.70. The van der Waals surface area contributed by atoms with Crippen LogP contribution in [0.15, 0.2) is 54.6 Å². The molecule has 0 bridgehead atoms. The zero-order chi connectivity index (χ0) is 15.1. The largest absolute Gasteiger partial charge is 0.508 e. The van der Waals surface area contributed by atoms with Crippen molar-refractivity contribution in [1.82, 2.24) is 10.2 Å². The van der Waals surface area contributed by atoms with Crippen LogP contribution >= 0.6 is 0 Å². The first-order valence-corrected chi connectivity index (χ1v) is 7.41. The van der Waals surface area contributed by atoms with E-state index in [1.54, 1.807) is 12.1 Å². The highest BCUT2D eigenvalue weighted by atomic mass is 16.3. The summed E-state index contributed by atoms with van der Waals surface area (Å²) < 4.78 is 0. The number of aromatic hydroxyl groups is 1. The highest BCUT2D eigenvalue weighted by Gasteiger charge is 2.18. The Kier molecular flexibility index (Phi) is 5.78. The Hall–Kier alpha value is -1.84. The average Bonchev–Trinajstić information content (AvgIpc) is 2.51. The molecule has 112 valence electrons. The Morgan fingerprint density at radius 2 is 1.62 bits per heavy atom. The Labute approximate surface area is 127 Å². The third-order valence-electron chi connectivity index (χ3n) is 3.70. The minimum Gasteiger partial charge on any atom is -0.508 e. The van der Waals surface area contributed by atoms with E-state index in [0.29, 0.717) is 5.75 Å². The van der Waals surface area contributed by atoms with Crippen molar-refractivity contribution < 1.29 is 5.11 Å². The summed E-state index contributed by atoms with van der Waals surface area (Å²) in [5.74, 6) is 0.309. The van der Waals surface area contributed by atoms with E-state index in [-0.39, 0.29) is 6.04 Å². The van der Waals surface area contributed by atoms with Gasteiger partial charge in [-0.3, -0.25) is 4.90 Å². The van der Waals surface area contributed by atoms with Gasteiger partial charge in [0.2, 0.25) is 0 Å². The predicted molar refractivity (Wildman–Crippen MR) is 87.6 cm³/mol. The molecule has 1 unspecified atom stereocenters. The average molecular weight is 284 g/mol. The number of nitrogens with one attached hydrogen (secondary N) is 1. The van der Waals surface area contributed by atoms with Gasteiger partial charge in [-0.05, 0) is 56.9 Å². The molecule has 0 fully saturated rings. The molecule has 0 aromatic heterocycles. The van der Waals surface area contributed by atoms with Crippen LogP contribution in [0.2, 0.25) is 0 Å². The highest BCUT2D eigenvalue weighted by Crippen LogP contribution is 2.28. The van der Waals surface area contributed by atoms with Crippen LogP contribution in [0, 0.1) is 0 Å². The van der Waals surface area contributed by atoms with Gasteiger partial charge in [-0.2, -0.15) is 0 Å². The molecule has 0 aliphatic carbocycles. The van der Waals surface area contributed by atoms with E-state index in [9.17, 15) is 5.11 Å². The normalized spacial score (nSPS) is 12.5. The monoisotopic (exact) mass is 284 g/mol. The van der Waals surface area contributed by atoms with Gasteiger partial charge in [-0.15, -0.1) is 0 Å². The summed E-state index contributed by atoms with van der Waals surface area (Å²) in [6.07, 6.45) is 1.11. The molecular weight excluding hydrogens is 260 g/mol. The van der Waals surface area contributed by atoms with E-state index in [1.165, 1.54) is 11.1 Å². The molecule has 0 spiro atoms. The molecule has 1 atom stereocenters. The lowest BCUT2D eigenvalue weighted by Gasteiger charge is -2.29. The minimum absolute atomic E-state index is 0.212. The Bertz CT molecular complexity index is 525. The fourth-order valence-electron chi connectivity index (χ4n) is 2.63. The molecule has 0 radical (unpaired) electrons. The molecule has 3 heteroatoms. The van der Waals surface area contributed by atoms with E-state index < -0.39 is 0 Å². The number of phenols is 1. The van der Waals surface area contributed by atoms with Crippen LogP contribution in [0.1, 0.15) is 23.6 Å². The molecule has 2 aromatic rings. The van der Waals surface area contributed by atoms with Gasteiger partial charge in [0.25, 0.3) is 0 Å². The fraction of sp³-hybridized carbons (Fsp3) is 0.333. The number of hydrogen-bond acceptors (Lipinski definition) is 3. The maximum Gasteiger partial charge on any atom is 0.115 e. The number of phenolic OH excluding ortho intramolecular Hbond substituents is 1. The summed E-state index contributed by atoms with van der Waals surface area (Å²) in [5, 5.41) is 12.7. The second-order valence-electron chi connectivity index (χ2n) is 5.34. The second kappa shape index (κ2) is 7.81. The standard InChI is InChI=1S/C18H24N2O/c1-19-13-6-14-20(2)18(15-7-4-3-5-8-15)16-9-11-17(21)12-10-16/h3-5,7-12,18-19,21H,6,13-14H2,1-2H3. The van der Waals surface area contributed by atoms with Crippen LogP contribution < -0.4 is 5.32 Å². The minimum atomic E-state index is 0.212. The molecule has 2 N–H and O–H groups in total.